The molecule has 0 heterocycles. The Labute approximate surface area is 71.8 Å². The first kappa shape index (κ1) is 11.2. The molecule has 0 rings (SSSR count). The topological polar surface area (TPSA) is 57.6 Å². The van der Waals surface area contributed by atoms with Crippen LogP contribution in [0.2, 0.25) is 0 Å². The molecule has 0 fully saturated rings. The van der Waals surface area contributed by atoms with E-state index in [1.54, 1.807) is 25.3 Å². The van der Waals surface area contributed by atoms with Gasteiger partial charge in [-0.1, -0.05) is 18.9 Å². The van der Waals surface area contributed by atoms with Crippen molar-refractivity contribution in [3.8, 4) is 0 Å². The van der Waals surface area contributed by atoms with E-state index in [2.05, 4.69) is 0 Å². The maximum Gasteiger partial charge on any atom is 0.278 e. The first-order valence-electron chi connectivity index (χ1n) is 3.18. The zero-order valence-electron chi connectivity index (χ0n) is 6.81. The van der Waals surface area contributed by atoms with Gasteiger partial charge in [0.05, 0.1) is 0 Å². The van der Waals surface area contributed by atoms with E-state index in [0.717, 1.165) is 11.9 Å². The molecule has 0 aromatic rings. The molecular formula is C5H13NO3S2. The molecule has 6 heteroatoms. The monoisotopic (exact) mass is 199 g/mol. The number of hydrogen-bond acceptors (Lipinski definition) is 4. The van der Waals surface area contributed by atoms with Crippen molar-refractivity contribution in [2.24, 2.45) is 0 Å². The van der Waals surface area contributed by atoms with Gasteiger partial charge in [0.1, 0.15) is 4.58 Å². The minimum Gasteiger partial charge on any atom is -0.285 e. The molecule has 0 radical (unpaired) electrons. The van der Waals surface area contributed by atoms with Crippen LogP contribution in [0, 0.1) is 0 Å². The summed E-state index contributed by atoms with van der Waals surface area (Å²) in [4.78, 5) is 0. The summed E-state index contributed by atoms with van der Waals surface area (Å²) < 4.78 is 30.8. The summed E-state index contributed by atoms with van der Waals surface area (Å²) in [6, 6.07) is 0. The summed E-state index contributed by atoms with van der Waals surface area (Å²) in [5.41, 5.74) is 0. The summed E-state index contributed by atoms with van der Waals surface area (Å²) in [6.45, 7) is 1.72. The van der Waals surface area contributed by atoms with E-state index < -0.39 is 14.7 Å². The fraction of sp³-hybridized carbons (Fsp3) is 1.00. The molecule has 1 unspecified atom stereocenters. The lowest BCUT2D eigenvalue weighted by Gasteiger charge is -2.15. The maximum atomic E-state index is 10.6. The van der Waals surface area contributed by atoms with E-state index in [9.17, 15) is 8.42 Å². The smallest absolute Gasteiger partial charge is 0.278 e. The molecular weight excluding hydrogens is 186 g/mol. The second-order valence-electron chi connectivity index (χ2n) is 2.27. The maximum absolute atomic E-state index is 10.6. The van der Waals surface area contributed by atoms with E-state index in [0.29, 0.717) is 6.42 Å². The fourth-order valence-corrected chi connectivity index (χ4v) is 2.57. The highest BCUT2D eigenvalue weighted by atomic mass is 32.3. The predicted molar refractivity (Wildman–Crippen MR) is 46.9 cm³/mol. The van der Waals surface area contributed by atoms with Crippen LogP contribution in [0.25, 0.3) is 0 Å². The Morgan fingerprint density at radius 1 is 1.55 bits per heavy atom. The number of hydrogen-bond donors (Lipinski definition) is 1. The van der Waals surface area contributed by atoms with Crippen LogP contribution in [0.15, 0.2) is 0 Å². The molecule has 0 amide bonds. The molecule has 0 aliphatic heterocycles. The highest BCUT2D eigenvalue weighted by molar-refractivity contribution is 8.10. The number of nitrogens with zero attached hydrogens (tertiary/aromatic N) is 1. The Morgan fingerprint density at radius 3 is 2.09 bits per heavy atom. The minimum absolute atomic E-state index is 0.404. The Kier molecular flexibility index (Phi) is 4.38. The average molecular weight is 199 g/mol. The summed E-state index contributed by atoms with van der Waals surface area (Å²) >= 11 is 1.10. The van der Waals surface area contributed by atoms with E-state index in [4.69, 9.17) is 4.55 Å². The van der Waals surface area contributed by atoms with Crippen molar-refractivity contribution in [3.05, 3.63) is 0 Å². The molecule has 0 bridgehead atoms. The van der Waals surface area contributed by atoms with Crippen LogP contribution < -0.4 is 0 Å². The molecule has 0 saturated heterocycles. The number of rotatable bonds is 4. The lowest BCUT2D eigenvalue weighted by Crippen LogP contribution is -2.20. The zero-order valence-corrected chi connectivity index (χ0v) is 8.44. The van der Waals surface area contributed by atoms with Gasteiger partial charge in [0.15, 0.2) is 0 Å². The summed E-state index contributed by atoms with van der Waals surface area (Å²) in [7, 11) is -0.419. The lowest BCUT2D eigenvalue weighted by atomic mass is 10.6. The second-order valence-corrected chi connectivity index (χ2v) is 5.68. The first-order chi connectivity index (χ1) is 4.88. The van der Waals surface area contributed by atoms with E-state index in [1.807, 2.05) is 0 Å². The quantitative estimate of drug-likeness (QED) is 0.536. The third kappa shape index (κ3) is 4.62. The SMILES string of the molecule is CCC(SN(C)C)S(=O)(=O)O. The third-order valence-corrected chi connectivity index (χ3v) is 3.97. The second kappa shape index (κ2) is 4.30. The molecule has 0 aromatic heterocycles. The highest BCUT2D eigenvalue weighted by Gasteiger charge is 2.22. The molecule has 0 aliphatic rings. The van der Waals surface area contributed by atoms with Crippen LogP contribution in [0.3, 0.4) is 0 Å². The molecule has 68 valence electrons. The first-order valence-corrected chi connectivity index (χ1v) is 5.52. The average Bonchev–Trinajstić information content (AvgIpc) is 1.79. The zero-order chi connectivity index (χ0) is 9.07. The van der Waals surface area contributed by atoms with Crippen LogP contribution in [0.5, 0.6) is 0 Å². The van der Waals surface area contributed by atoms with Crippen molar-refractivity contribution in [2.45, 2.75) is 17.9 Å². The van der Waals surface area contributed by atoms with Crippen molar-refractivity contribution < 1.29 is 13.0 Å². The predicted octanol–water partition coefficient (Wildman–Crippen LogP) is 0.820. The van der Waals surface area contributed by atoms with Gasteiger partial charge in [-0.05, 0) is 20.5 Å². The van der Waals surface area contributed by atoms with Crippen molar-refractivity contribution in [3.63, 3.8) is 0 Å². The van der Waals surface area contributed by atoms with E-state index in [-0.39, 0.29) is 0 Å². The van der Waals surface area contributed by atoms with Gasteiger partial charge in [-0.15, -0.1) is 0 Å². The molecule has 0 aromatic carbocycles. The molecule has 1 atom stereocenters. The molecule has 1 N–H and O–H groups in total. The van der Waals surface area contributed by atoms with Crippen LogP contribution in [-0.4, -0.2) is 36.0 Å². The Bertz CT molecular complexity index is 200. The lowest BCUT2D eigenvalue weighted by molar-refractivity contribution is 0.477. The van der Waals surface area contributed by atoms with Crippen molar-refractivity contribution in [2.75, 3.05) is 14.1 Å². The third-order valence-electron chi connectivity index (χ3n) is 0.994. The van der Waals surface area contributed by atoms with Crippen LogP contribution in [0.4, 0.5) is 0 Å². The molecule has 11 heavy (non-hydrogen) atoms. The summed E-state index contributed by atoms with van der Waals surface area (Å²) in [5, 5.41) is 0. The largest absolute Gasteiger partial charge is 0.285 e. The normalized spacial score (nSPS) is 15.4. The van der Waals surface area contributed by atoms with Crippen molar-refractivity contribution in [1.82, 2.24) is 4.31 Å². The molecule has 0 saturated carbocycles. The molecule has 0 spiro atoms. The van der Waals surface area contributed by atoms with Crippen LogP contribution >= 0.6 is 11.9 Å². The Morgan fingerprint density at radius 2 is 2.00 bits per heavy atom. The standard InChI is InChI=1S/C5H13NO3S2/c1-4-5(10-6(2)3)11(7,8)9/h5H,4H2,1-3H3,(H,7,8,9). The van der Waals surface area contributed by atoms with E-state index in [1.165, 1.54) is 0 Å². The van der Waals surface area contributed by atoms with Crippen LogP contribution in [0.1, 0.15) is 13.3 Å². The molecule has 0 aliphatic carbocycles. The van der Waals surface area contributed by atoms with Crippen molar-refractivity contribution >= 4 is 22.1 Å². The van der Waals surface area contributed by atoms with Gasteiger partial charge in [0.25, 0.3) is 10.1 Å². The van der Waals surface area contributed by atoms with E-state index >= 15 is 0 Å². The fourth-order valence-electron chi connectivity index (χ4n) is 0.575. The van der Waals surface area contributed by atoms with Gasteiger partial charge in [-0.3, -0.25) is 8.86 Å². The van der Waals surface area contributed by atoms with Crippen LogP contribution in [-0.2, 0) is 10.1 Å². The summed E-state index contributed by atoms with van der Waals surface area (Å²) in [6.07, 6.45) is 0.404. The van der Waals surface area contributed by atoms with Gasteiger partial charge >= 0.3 is 0 Å². The van der Waals surface area contributed by atoms with Gasteiger partial charge in [0, 0.05) is 0 Å². The van der Waals surface area contributed by atoms with Gasteiger partial charge < -0.3 is 0 Å². The van der Waals surface area contributed by atoms with Gasteiger partial charge in [0.2, 0.25) is 0 Å². The minimum atomic E-state index is -3.89. The van der Waals surface area contributed by atoms with Crippen molar-refractivity contribution in [1.29, 1.82) is 0 Å². The Balaban J connectivity index is 4.20. The summed E-state index contributed by atoms with van der Waals surface area (Å²) in [5.74, 6) is 0. The Hall–Kier alpha value is 0.220. The highest BCUT2D eigenvalue weighted by Crippen LogP contribution is 2.20. The van der Waals surface area contributed by atoms with Gasteiger partial charge in [-0.25, -0.2) is 0 Å². The molecule has 4 nitrogen and oxygen atoms in total. The van der Waals surface area contributed by atoms with Gasteiger partial charge in [-0.2, -0.15) is 8.42 Å².